The smallest absolute Gasteiger partial charge is 0.268 e. The third-order valence-electron chi connectivity index (χ3n) is 2.81. The van der Waals surface area contributed by atoms with Gasteiger partial charge in [-0.2, -0.15) is 0 Å². The molecule has 0 atom stereocenters. The van der Waals surface area contributed by atoms with E-state index in [2.05, 4.69) is 0 Å². The summed E-state index contributed by atoms with van der Waals surface area (Å²) in [6, 6.07) is 5.59. The Morgan fingerprint density at radius 3 is 2.17 bits per heavy atom. The van der Waals surface area contributed by atoms with Gasteiger partial charge in [-0.15, -0.1) is 0 Å². The van der Waals surface area contributed by atoms with Crippen molar-refractivity contribution >= 4 is 29.5 Å². The van der Waals surface area contributed by atoms with Crippen LogP contribution in [0, 0.1) is 13.8 Å². The molecular formula is C13H18Cl2N2O. The van der Waals surface area contributed by atoms with Crippen LogP contribution in [0.25, 0.3) is 0 Å². The van der Waals surface area contributed by atoms with Gasteiger partial charge < -0.3 is 0 Å². The topological polar surface area (TPSA) is 23.6 Å². The van der Waals surface area contributed by atoms with Crippen LogP contribution in [0.2, 0.25) is 0 Å². The number of carbonyl (C=O) groups excluding carboxylic acids is 1. The van der Waals surface area contributed by atoms with Crippen LogP contribution < -0.4 is 0 Å². The first-order chi connectivity index (χ1) is 8.16. The quantitative estimate of drug-likeness (QED) is 0.605. The van der Waals surface area contributed by atoms with E-state index >= 15 is 0 Å². The minimum absolute atomic E-state index is 0.214. The van der Waals surface area contributed by atoms with E-state index in [9.17, 15) is 4.79 Å². The molecule has 1 rings (SSSR count). The van der Waals surface area contributed by atoms with Crippen LogP contribution in [0.4, 0.5) is 0 Å². The van der Waals surface area contributed by atoms with Crippen LogP contribution in [0.3, 0.4) is 0 Å². The number of aryl methyl sites for hydroxylation is 1. The summed E-state index contributed by atoms with van der Waals surface area (Å²) in [4.78, 5) is 12.5. The molecule has 100 valence electrons. The predicted molar refractivity (Wildman–Crippen MR) is 75.4 cm³/mol. The number of halogens is 2. The van der Waals surface area contributed by atoms with Crippen LogP contribution in [-0.4, -0.2) is 20.5 Å². The van der Waals surface area contributed by atoms with Crippen LogP contribution >= 0.6 is 23.6 Å². The minimum Gasteiger partial charge on any atom is -0.268 e. The van der Waals surface area contributed by atoms with Gasteiger partial charge in [-0.05, 0) is 55.9 Å². The van der Waals surface area contributed by atoms with Crippen molar-refractivity contribution in [3.05, 3.63) is 34.9 Å². The normalized spacial score (nSPS) is 11.8. The van der Waals surface area contributed by atoms with Crippen molar-refractivity contribution in [1.82, 2.24) is 9.06 Å². The molecule has 0 N–H and O–H groups in total. The number of carbonyl (C=O) groups is 1. The molecule has 1 aromatic rings. The fraction of sp³-hybridized carbons (Fsp3) is 0.462. The monoisotopic (exact) mass is 288 g/mol. The molecule has 0 fully saturated rings. The summed E-state index contributed by atoms with van der Waals surface area (Å²) >= 11 is 11.5. The van der Waals surface area contributed by atoms with E-state index in [1.165, 1.54) is 5.01 Å². The molecular weight excluding hydrogens is 271 g/mol. The van der Waals surface area contributed by atoms with Gasteiger partial charge in [0, 0.05) is 29.1 Å². The van der Waals surface area contributed by atoms with Crippen LogP contribution in [0.15, 0.2) is 18.2 Å². The van der Waals surface area contributed by atoms with Gasteiger partial charge in [0.25, 0.3) is 5.91 Å². The second-order valence-corrected chi connectivity index (χ2v) is 6.06. The molecule has 0 saturated carbocycles. The molecule has 0 spiro atoms. The summed E-state index contributed by atoms with van der Waals surface area (Å²) in [5, 5.41) is 1.32. The van der Waals surface area contributed by atoms with Crippen molar-refractivity contribution in [2.24, 2.45) is 0 Å². The van der Waals surface area contributed by atoms with Gasteiger partial charge >= 0.3 is 0 Å². The standard InChI is InChI=1S/C13H18Cl2N2O/c1-9-7-6-8-11(10(9)2)12(18)16(17(14)15)13(3,4)5/h6-8H,1-5H3. The molecule has 0 unspecified atom stereocenters. The van der Waals surface area contributed by atoms with Crippen LogP contribution in [0.1, 0.15) is 42.3 Å². The van der Waals surface area contributed by atoms with Gasteiger partial charge in [-0.25, -0.2) is 5.01 Å². The van der Waals surface area contributed by atoms with Crippen molar-refractivity contribution in [2.75, 3.05) is 0 Å². The maximum atomic E-state index is 12.5. The van der Waals surface area contributed by atoms with E-state index in [4.69, 9.17) is 23.6 Å². The van der Waals surface area contributed by atoms with E-state index in [1.54, 1.807) is 6.07 Å². The molecule has 3 nitrogen and oxygen atoms in total. The van der Waals surface area contributed by atoms with Gasteiger partial charge in [-0.1, -0.05) is 12.1 Å². The Morgan fingerprint density at radius 1 is 1.17 bits per heavy atom. The summed E-state index contributed by atoms with van der Waals surface area (Å²) in [6.45, 7) is 9.48. The lowest BCUT2D eigenvalue weighted by atomic mass is 10.0. The SMILES string of the molecule is Cc1cccc(C(=O)N(N(Cl)Cl)C(C)(C)C)c1C. The van der Waals surface area contributed by atoms with Gasteiger partial charge in [0.1, 0.15) is 0 Å². The summed E-state index contributed by atoms with van der Waals surface area (Å²) in [6.07, 6.45) is 0. The van der Waals surface area contributed by atoms with E-state index in [-0.39, 0.29) is 5.91 Å². The molecule has 0 heterocycles. The Morgan fingerprint density at radius 2 is 1.72 bits per heavy atom. The number of hydrogen-bond donors (Lipinski definition) is 0. The fourth-order valence-electron chi connectivity index (χ4n) is 1.70. The number of hydrogen-bond acceptors (Lipinski definition) is 2. The summed E-state index contributed by atoms with van der Waals surface area (Å²) < 4.78 is 0.796. The Hall–Kier alpha value is -0.770. The zero-order valence-electron chi connectivity index (χ0n) is 11.3. The van der Waals surface area contributed by atoms with Crippen molar-refractivity contribution in [3.63, 3.8) is 0 Å². The lowest BCUT2D eigenvalue weighted by Crippen LogP contribution is -2.49. The molecule has 5 heteroatoms. The van der Waals surface area contributed by atoms with E-state index < -0.39 is 5.54 Å². The van der Waals surface area contributed by atoms with E-state index in [0.717, 1.165) is 15.2 Å². The average molecular weight is 289 g/mol. The lowest BCUT2D eigenvalue weighted by molar-refractivity contribution is 0.0243. The highest BCUT2D eigenvalue weighted by atomic mass is 35.5. The van der Waals surface area contributed by atoms with Crippen molar-refractivity contribution in [3.8, 4) is 0 Å². The van der Waals surface area contributed by atoms with Gasteiger partial charge in [-0.3, -0.25) is 4.79 Å². The zero-order chi connectivity index (χ0) is 14.1. The van der Waals surface area contributed by atoms with Crippen LogP contribution in [0.5, 0.6) is 0 Å². The lowest BCUT2D eigenvalue weighted by Gasteiger charge is -2.36. The highest BCUT2D eigenvalue weighted by Crippen LogP contribution is 2.25. The first kappa shape index (κ1) is 15.3. The fourth-order valence-corrected chi connectivity index (χ4v) is 2.29. The minimum atomic E-state index is -0.503. The second kappa shape index (κ2) is 5.47. The third-order valence-corrected chi connectivity index (χ3v) is 3.12. The number of rotatable bonds is 2. The molecule has 1 amide bonds. The number of hydrazine groups is 1. The van der Waals surface area contributed by atoms with Crippen molar-refractivity contribution < 1.29 is 4.79 Å². The zero-order valence-corrected chi connectivity index (χ0v) is 12.8. The Kier molecular flexibility index (Phi) is 4.65. The Balaban J connectivity index is 3.23. The Bertz CT molecular complexity index is 453. The molecule has 0 bridgehead atoms. The summed E-state index contributed by atoms with van der Waals surface area (Å²) in [7, 11) is 0. The molecule has 0 saturated heterocycles. The molecule has 18 heavy (non-hydrogen) atoms. The number of nitrogens with zero attached hydrogens (tertiary/aromatic N) is 2. The van der Waals surface area contributed by atoms with Gasteiger partial charge in [0.05, 0.1) is 5.54 Å². The van der Waals surface area contributed by atoms with Crippen molar-refractivity contribution in [1.29, 1.82) is 0 Å². The van der Waals surface area contributed by atoms with E-state index in [1.807, 2.05) is 46.8 Å². The summed E-state index contributed by atoms with van der Waals surface area (Å²) in [5.41, 5.74) is 2.10. The molecule has 1 aromatic carbocycles. The maximum Gasteiger partial charge on any atom is 0.271 e. The van der Waals surface area contributed by atoms with Crippen molar-refractivity contribution in [2.45, 2.75) is 40.2 Å². The molecule has 0 aromatic heterocycles. The predicted octanol–water partition coefficient (Wildman–Crippen LogP) is 4.07. The molecule has 0 radical (unpaired) electrons. The maximum absolute atomic E-state index is 12.5. The highest BCUT2D eigenvalue weighted by molar-refractivity contribution is 6.34. The summed E-state index contributed by atoms with van der Waals surface area (Å²) in [5.74, 6) is -0.214. The van der Waals surface area contributed by atoms with Gasteiger partial charge in [0.2, 0.25) is 0 Å². The van der Waals surface area contributed by atoms with Gasteiger partial charge in [0.15, 0.2) is 0 Å². The first-order valence-corrected chi connectivity index (χ1v) is 6.36. The largest absolute Gasteiger partial charge is 0.271 e. The molecule has 0 aliphatic rings. The first-order valence-electron chi connectivity index (χ1n) is 5.68. The number of amides is 1. The average Bonchev–Trinajstić information content (AvgIpc) is 2.19. The van der Waals surface area contributed by atoms with Crippen LogP contribution in [-0.2, 0) is 0 Å². The second-order valence-electron chi connectivity index (χ2n) is 5.25. The third kappa shape index (κ3) is 3.16. The molecule has 0 aliphatic carbocycles. The highest BCUT2D eigenvalue weighted by Gasteiger charge is 2.32. The molecule has 0 aliphatic heterocycles. The Labute approximate surface area is 118 Å². The number of benzene rings is 1. The van der Waals surface area contributed by atoms with E-state index in [0.29, 0.717) is 5.56 Å².